The van der Waals surface area contributed by atoms with E-state index in [9.17, 15) is 0 Å². The van der Waals surface area contributed by atoms with Gasteiger partial charge in [-0.3, -0.25) is 0 Å². The van der Waals surface area contributed by atoms with Crippen molar-refractivity contribution in [3.05, 3.63) is 23.8 Å². The molecule has 0 aliphatic rings. The molecule has 0 spiro atoms. The first kappa shape index (κ1) is 30.8. The van der Waals surface area contributed by atoms with Crippen LogP contribution in [-0.4, -0.2) is 19.8 Å². The highest BCUT2D eigenvalue weighted by molar-refractivity contribution is 5.40. The quantitative estimate of drug-likeness (QED) is 0.143. The van der Waals surface area contributed by atoms with E-state index in [1.807, 2.05) is 0 Å². The number of hydrogen-bond acceptors (Lipinski definition) is 3. The van der Waals surface area contributed by atoms with Crippen molar-refractivity contribution in [1.82, 2.24) is 5.32 Å². The van der Waals surface area contributed by atoms with E-state index in [2.05, 4.69) is 44.3 Å². The molecule has 0 aliphatic heterocycles. The van der Waals surface area contributed by atoms with Crippen LogP contribution in [0.5, 0.6) is 11.5 Å². The molecule has 0 bridgehead atoms. The highest BCUT2D eigenvalue weighted by atomic mass is 16.5. The van der Waals surface area contributed by atoms with Gasteiger partial charge in [-0.1, -0.05) is 123 Å². The molecule has 1 aromatic carbocycles. The fourth-order valence-electron chi connectivity index (χ4n) is 4.30. The van der Waals surface area contributed by atoms with Gasteiger partial charge in [0.2, 0.25) is 0 Å². The standard InChI is InChI=1S/C31H57NO2/c1-4-7-10-13-16-19-24-32-28-29-22-23-30(33-25-20-17-14-11-8-5-2)27-31(29)34-26-21-18-15-12-9-6-3/h22-23,27,32H,4-21,24-26,28H2,1-3H3. The van der Waals surface area contributed by atoms with Crippen LogP contribution in [0.2, 0.25) is 0 Å². The summed E-state index contributed by atoms with van der Waals surface area (Å²) < 4.78 is 12.3. The lowest BCUT2D eigenvalue weighted by atomic mass is 10.1. The van der Waals surface area contributed by atoms with Gasteiger partial charge >= 0.3 is 0 Å². The summed E-state index contributed by atoms with van der Waals surface area (Å²) in [6, 6.07) is 6.44. The zero-order valence-electron chi connectivity index (χ0n) is 23.1. The fraction of sp³-hybridized carbons (Fsp3) is 0.806. The Balaban J connectivity index is 2.42. The van der Waals surface area contributed by atoms with Crippen LogP contribution >= 0.6 is 0 Å². The van der Waals surface area contributed by atoms with E-state index < -0.39 is 0 Å². The highest BCUT2D eigenvalue weighted by Crippen LogP contribution is 2.26. The number of ether oxygens (including phenoxy) is 2. The molecule has 0 atom stereocenters. The average Bonchev–Trinajstić information content (AvgIpc) is 2.85. The second kappa shape index (κ2) is 23.5. The van der Waals surface area contributed by atoms with E-state index in [1.54, 1.807) is 0 Å². The summed E-state index contributed by atoms with van der Waals surface area (Å²) in [7, 11) is 0. The van der Waals surface area contributed by atoms with Gasteiger partial charge in [-0.05, 0) is 31.9 Å². The van der Waals surface area contributed by atoms with Gasteiger partial charge in [0.25, 0.3) is 0 Å². The SMILES string of the molecule is CCCCCCCCNCc1ccc(OCCCCCCCC)cc1OCCCCCCCC. The van der Waals surface area contributed by atoms with Crippen molar-refractivity contribution in [2.24, 2.45) is 0 Å². The van der Waals surface area contributed by atoms with Crippen molar-refractivity contribution in [3.63, 3.8) is 0 Å². The summed E-state index contributed by atoms with van der Waals surface area (Å²) in [6.45, 7) is 10.4. The summed E-state index contributed by atoms with van der Waals surface area (Å²) in [5, 5.41) is 3.63. The molecule has 0 radical (unpaired) electrons. The number of hydrogen-bond donors (Lipinski definition) is 1. The fourth-order valence-corrected chi connectivity index (χ4v) is 4.30. The zero-order chi connectivity index (χ0) is 24.5. The molecule has 0 saturated heterocycles. The average molecular weight is 476 g/mol. The van der Waals surface area contributed by atoms with Crippen LogP contribution in [0.3, 0.4) is 0 Å². The van der Waals surface area contributed by atoms with Gasteiger partial charge in [0.1, 0.15) is 11.5 Å². The van der Waals surface area contributed by atoms with Gasteiger partial charge in [-0.15, -0.1) is 0 Å². The molecule has 198 valence electrons. The van der Waals surface area contributed by atoms with E-state index >= 15 is 0 Å². The number of benzene rings is 1. The van der Waals surface area contributed by atoms with Gasteiger partial charge in [0, 0.05) is 18.2 Å². The minimum Gasteiger partial charge on any atom is -0.493 e. The third-order valence-corrected chi connectivity index (χ3v) is 6.58. The van der Waals surface area contributed by atoms with Gasteiger partial charge in [-0.2, -0.15) is 0 Å². The first-order valence-electron chi connectivity index (χ1n) is 14.9. The second-order valence-electron chi connectivity index (χ2n) is 9.95. The van der Waals surface area contributed by atoms with Crippen LogP contribution in [0.15, 0.2) is 18.2 Å². The Morgan fingerprint density at radius 2 is 1.06 bits per heavy atom. The van der Waals surface area contributed by atoms with Gasteiger partial charge < -0.3 is 14.8 Å². The Hall–Kier alpha value is -1.22. The van der Waals surface area contributed by atoms with Gasteiger partial charge in [0.15, 0.2) is 0 Å². The first-order valence-corrected chi connectivity index (χ1v) is 14.9. The number of unbranched alkanes of at least 4 members (excludes halogenated alkanes) is 15. The van der Waals surface area contributed by atoms with E-state index in [4.69, 9.17) is 9.47 Å². The maximum Gasteiger partial charge on any atom is 0.127 e. The Morgan fingerprint density at radius 1 is 0.559 bits per heavy atom. The van der Waals surface area contributed by atoms with E-state index in [0.29, 0.717) is 0 Å². The molecule has 0 amide bonds. The van der Waals surface area contributed by atoms with E-state index in [1.165, 1.54) is 108 Å². The number of nitrogens with one attached hydrogen (secondary N) is 1. The monoisotopic (exact) mass is 475 g/mol. The van der Waals surface area contributed by atoms with Crippen LogP contribution < -0.4 is 14.8 Å². The largest absolute Gasteiger partial charge is 0.493 e. The van der Waals surface area contributed by atoms with Gasteiger partial charge in [-0.25, -0.2) is 0 Å². The highest BCUT2D eigenvalue weighted by Gasteiger charge is 2.07. The normalized spacial score (nSPS) is 11.1. The van der Waals surface area contributed by atoms with Crippen molar-refractivity contribution < 1.29 is 9.47 Å². The lowest BCUT2D eigenvalue weighted by molar-refractivity contribution is 0.287. The third kappa shape index (κ3) is 17.2. The topological polar surface area (TPSA) is 30.5 Å². The maximum absolute atomic E-state index is 6.26. The minimum atomic E-state index is 0.803. The van der Waals surface area contributed by atoms with Crippen molar-refractivity contribution in [2.45, 2.75) is 143 Å². The summed E-state index contributed by atoms with van der Waals surface area (Å²) in [6.07, 6.45) is 23.5. The summed E-state index contributed by atoms with van der Waals surface area (Å²) >= 11 is 0. The predicted molar refractivity (Wildman–Crippen MR) is 149 cm³/mol. The Morgan fingerprint density at radius 3 is 1.65 bits per heavy atom. The van der Waals surface area contributed by atoms with Crippen LogP contribution in [0, 0.1) is 0 Å². The zero-order valence-corrected chi connectivity index (χ0v) is 23.1. The molecule has 1 aromatic rings. The maximum atomic E-state index is 6.26. The first-order chi connectivity index (χ1) is 16.8. The molecule has 1 rings (SSSR count). The molecule has 1 N–H and O–H groups in total. The smallest absolute Gasteiger partial charge is 0.127 e. The third-order valence-electron chi connectivity index (χ3n) is 6.58. The van der Waals surface area contributed by atoms with Crippen LogP contribution in [0.1, 0.15) is 142 Å². The van der Waals surface area contributed by atoms with Crippen molar-refractivity contribution in [3.8, 4) is 11.5 Å². The van der Waals surface area contributed by atoms with Crippen molar-refractivity contribution in [2.75, 3.05) is 19.8 Å². The lowest BCUT2D eigenvalue weighted by Gasteiger charge is -2.15. The molecule has 34 heavy (non-hydrogen) atoms. The Kier molecular flexibility index (Phi) is 21.3. The summed E-state index contributed by atoms with van der Waals surface area (Å²) in [5.74, 6) is 1.95. The van der Waals surface area contributed by atoms with Crippen molar-refractivity contribution >= 4 is 0 Å². The van der Waals surface area contributed by atoms with Crippen LogP contribution in [-0.2, 0) is 6.54 Å². The predicted octanol–water partition coefficient (Wildman–Crippen LogP) is 9.62. The Bertz CT molecular complexity index is 560. The second-order valence-corrected chi connectivity index (χ2v) is 9.95. The molecular weight excluding hydrogens is 418 g/mol. The molecule has 0 saturated carbocycles. The van der Waals surface area contributed by atoms with Crippen LogP contribution in [0.25, 0.3) is 0 Å². The molecule has 3 heteroatoms. The van der Waals surface area contributed by atoms with Crippen molar-refractivity contribution in [1.29, 1.82) is 0 Å². The Labute approximate surface area is 212 Å². The molecule has 0 aromatic heterocycles. The van der Waals surface area contributed by atoms with Crippen LogP contribution in [0.4, 0.5) is 0 Å². The number of rotatable bonds is 25. The summed E-state index contributed by atoms with van der Waals surface area (Å²) in [4.78, 5) is 0. The van der Waals surface area contributed by atoms with Gasteiger partial charge in [0.05, 0.1) is 13.2 Å². The molecule has 3 nitrogen and oxygen atoms in total. The molecule has 0 fully saturated rings. The summed E-state index contributed by atoms with van der Waals surface area (Å²) in [5.41, 5.74) is 1.25. The minimum absolute atomic E-state index is 0.803. The molecular formula is C31H57NO2. The van der Waals surface area contributed by atoms with E-state index in [-0.39, 0.29) is 0 Å². The lowest BCUT2D eigenvalue weighted by Crippen LogP contribution is -2.15. The van der Waals surface area contributed by atoms with E-state index in [0.717, 1.165) is 50.6 Å². The molecule has 0 unspecified atom stereocenters. The molecule has 0 heterocycles. The molecule has 0 aliphatic carbocycles.